The van der Waals surface area contributed by atoms with Gasteiger partial charge in [-0.15, -0.1) is 12.6 Å². The molecule has 4 nitrogen and oxygen atoms in total. The van der Waals surface area contributed by atoms with Gasteiger partial charge in [-0.1, -0.05) is 5.11 Å². The van der Waals surface area contributed by atoms with Gasteiger partial charge in [0.25, 0.3) is 0 Å². The Bertz CT molecular complexity index is 189. The van der Waals surface area contributed by atoms with Crippen LogP contribution in [0.1, 0.15) is 27.2 Å². The number of rotatable bonds is 7. The molecule has 1 atom stereocenters. The van der Waals surface area contributed by atoms with Gasteiger partial charge in [-0.3, -0.25) is 0 Å². The number of thiol groups is 1. The van der Waals surface area contributed by atoms with E-state index in [2.05, 4.69) is 43.4 Å². The monoisotopic (exact) mass is 217 g/mol. The molecule has 1 unspecified atom stereocenters. The molecule has 0 spiro atoms. The fraction of sp³-hybridized carbons (Fsp3) is 1.00. The molecule has 0 rings (SSSR count). The van der Waals surface area contributed by atoms with Crippen molar-refractivity contribution in [3.8, 4) is 0 Å². The largest absolute Gasteiger partial charge is 0.314 e. The zero-order valence-corrected chi connectivity index (χ0v) is 10.2. The molecule has 0 aliphatic heterocycles. The van der Waals surface area contributed by atoms with Crippen molar-refractivity contribution in [2.75, 3.05) is 26.2 Å². The lowest BCUT2D eigenvalue weighted by atomic mass is 10.2. The lowest BCUT2D eigenvalue weighted by Gasteiger charge is -2.40. The highest BCUT2D eigenvalue weighted by Gasteiger charge is 2.28. The van der Waals surface area contributed by atoms with E-state index in [4.69, 9.17) is 5.53 Å². The lowest BCUT2D eigenvalue weighted by Crippen LogP contribution is -2.53. The van der Waals surface area contributed by atoms with E-state index >= 15 is 0 Å². The standard InChI is InChI=1S/C9H20N4S/c1-4-13(5-2,6-3)9(14)7-8-11-12-10/h9H,4-8H2,1-3H3/p+1. The molecule has 0 amide bonds. The zero-order chi connectivity index (χ0) is 11.0. The van der Waals surface area contributed by atoms with E-state index in [0.717, 1.165) is 30.5 Å². The molecule has 0 radical (unpaired) electrons. The van der Waals surface area contributed by atoms with Crippen molar-refractivity contribution in [1.29, 1.82) is 0 Å². The van der Waals surface area contributed by atoms with Crippen LogP contribution in [0.4, 0.5) is 0 Å². The minimum atomic E-state index is 0.278. The summed E-state index contributed by atoms with van der Waals surface area (Å²) in [4.78, 5) is 2.75. The Labute approximate surface area is 91.9 Å². The summed E-state index contributed by atoms with van der Waals surface area (Å²) in [6, 6.07) is 0. The van der Waals surface area contributed by atoms with Gasteiger partial charge in [0, 0.05) is 17.9 Å². The van der Waals surface area contributed by atoms with Gasteiger partial charge in [0.15, 0.2) is 0 Å². The average molecular weight is 217 g/mol. The van der Waals surface area contributed by atoms with Crippen molar-refractivity contribution in [3.63, 3.8) is 0 Å². The maximum absolute atomic E-state index is 8.18. The first kappa shape index (κ1) is 13.6. The molecule has 0 bridgehead atoms. The molecule has 14 heavy (non-hydrogen) atoms. The maximum atomic E-state index is 8.18. The van der Waals surface area contributed by atoms with Gasteiger partial charge in [0.05, 0.1) is 19.6 Å². The van der Waals surface area contributed by atoms with E-state index in [9.17, 15) is 0 Å². The second-order valence-electron chi connectivity index (χ2n) is 3.39. The predicted molar refractivity (Wildman–Crippen MR) is 63.3 cm³/mol. The van der Waals surface area contributed by atoms with Crippen LogP contribution in [0, 0.1) is 0 Å². The van der Waals surface area contributed by atoms with Crippen LogP contribution in [-0.4, -0.2) is 36.0 Å². The van der Waals surface area contributed by atoms with E-state index in [1.807, 2.05) is 0 Å². The quantitative estimate of drug-likeness (QED) is 0.170. The molecule has 0 saturated heterocycles. The molecular weight excluding hydrogens is 196 g/mol. The van der Waals surface area contributed by atoms with Crippen LogP contribution in [-0.2, 0) is 0 Å². The summed E-state index contributed by atoms with van der Waals surface area (Å²) in [7, 11) is 0. The summed E-state index contributed by atoms with van der Waals surface area (Å²) in [5.74, 6) is 0. The number of azide groups is 1. The smallest absolute Gasteiger partial charge is 0.133 e. The summed E-state index contributed by atoms with van der Waals surface area (Å²) in [5.41, 5.74) is 8.18. The van der Waals surface area contributed by atoms with E-state index < -0.39 is 0 Å². The van der Waals surface area contributed by atoms with Crippen LogP contribution in [0.25, 0.3) is 10.4 Å². The van der Waals surface area contributed by atoms with Gasteiger partial charge in [-0.05, 0) is 26.3 Å². The fourth-order valence-electron chi connectivity index (χ4n) is 1.79. The van der Waals surface area contributed by atoms with Crippen molar-refractivity contribution in [3.05, 3.63) is 10.4 Å². The molecule has 0 heterocycles. The van der Waals surface area contributed by atoms with Crippen LogP contribution in [0.2, 0.25) is 0 Å². The van der Waals surface area contributed by atoms with Gasteiger partial charge in [-0.2, -0.15) is 0 Å². The number of hydrogen-bond acceptors (Lipinski definition) is 2. The molecule has 0 aromatic rings. The summed E-state index contributed by atoms with van der Waals surface area (Å²) >= 11 is 4.61. The van der Waals surface area contributed by atoms with E-state index in [1.54, 1.807) is 0 Å². The van der Waals surface area contributed by atoms with Crippen molar-refractivity contribution >= 4 is 12.6 Å². The molecule has 5 heteroatoms. The van der Waals surface area contributed by atoms with Gasteiger partial charge < -0.3 is 4.48 Å². The van der Waals surface area contributed by atoms with Gasteiger partial charge >= 0.3 is 0 Å². The second-order valence-corrected chi connectivity index (χ2v) is 3.99. The first-order valence-corrected chi connectivity index (χ1v) is 5.73. The highest BCUT2D eigenvalue weighted by molar-refractivity contribution is 7.80. The van der Waals surface area contributed by atoms with Crippen LogP contribution < -0.4 is 0 Å². The normalized spacial score (nSPS) is 13.4. The number of quaternary nitrogens is 1. The molecule has 0 aliphatic rings. The molecule has 0 aromatic carbocycles. The molecule has 0 fully saturated rings. The minimum Gasteiger partial charge on any atom is -0.314 e. The van der Waals surface area contributed by atoms with Crippen molar-refractivity contribution in [2.45, 2.75) is 32.6 Å². The Morgan fingerprint density at radius 2 is 1.79 bits per heavy atom. The van der Waals surface area contributed by atoms with E-state index in [-0.39, 0.29) is 5.37 Å². The van der Waals surface area contributed by atoms with Crippen LogP contribution in [0.15, 0.2) is 5.11 Å². The average Bonchev–Trinajstić information content (AvgIpc) is 2.22. The molecular formula is C9H21N4S+. The third-order valence-electron chi connectivity index (χ3n) is 3.07. The summed E-state index contributed by atoms with van der Waals surface area (Å²) in [6.45, 7) is 10.3. The minimum absolute atomic E-state index is 0.278. The van der Waals surface area contributed by atoms with Crippen molar-refractivity contribution < 1.29 is 4.48 Å². The Hall–Kier alpha value is -0.380. The van der Waals surface area contributed by atoms with Crippen LogP contribution in [0.5, 0.6) is 0 Å². The topological polar surface area (TPSA) is 48.8 Å². The number of nitrogens with zero attached hydrogens (tertiary/aromatic N) is 4. The first-order valence-electron chi connectivity index (χ1n) is 5.21. The summed E-state index contributed by atoms with van der Waals surface area (Å²) in [5, 5.41) is 3.83. The highest BCUT2D eigenvalue weighted by Crippen LogP contribution is 2.19. The van der Waals surface area contributed by atoms with Crippen LogP contribution >= 0.6 is 12.6 Å². The maximum Gasteiger partial charge on any atom is 0.133 e. The predicted octanol–water partition coefficient (Wildman–Crippen LogP) is 2.82. The molecule has 82 valence electrons. The Balaban J connectivity index is 4.27. The van der Waals surface area contributed by atoms with Gasteiger partial charge in [-0.25, -0.2) is 0 Å². The highest BCUT2D eigenvalue weighted by atomic mass is 32.1. The molecule has 0 N–H and O–H groups in total. The van der Waals surface area contributed by atoms with E-state index in [0.29, 0.717) is 6.54 Å². The first-order chi connectivity index (χ1) is 6.66. The van der Waals surface area contributed by atoms with Gasteiger partial charge in [0.2, 0.25) is 0 Å². The molecule has 0 aliphatic carbocycles. The summed E-state index contributed by atoms with van der Waals surface area (Å²) in [6.07, 6.45) is 0.850. The SMILES string of the molecule is CC[N+](CC)(CC)C(S)CCN=[N+]=[N-]. The second kappa shape index (κ2) is 6.98. The molecule has 0 aromatic heterocycles. The third kappa shape index (κ3) is 3.40. The Morgan fingerprint density at radius 1 is 1.29 bits per heavy atom. The Morgan fingerprint density at radius 3 is 2.14 bits per heavy atom. The van der Waals surface area contributed by atoms with E-state index in [1.165, 1.54) is 0 Å². The van der Waals surface area contributed by atoms with Crippen molar-refractivity contribution in [1.82, 2.24) is 0 Å². The zero-order valence-electron chi connectivity index (χ0n) is 9.35. The van der Waals surface area contributed by atoms with Crippen molar-refractivity contribution in [2.24, 2.45) is 5.11 Å². The Kier molecular flexibility index (Phi) is 6.79. The summed E-state index contributed by atoms with van der Waals surface area (Å²) < 4.78 is 0.990. The number of hydrogen-bond donors (Lipinski definition) is 1. The lowest BCUT2D eigenvalue weighted by molar-refractivity contribution is -0.932. The van der Waals surface area contributed by atoms with Crippen LogP contribution in [0.3, 0.4) is 0 Å². The van der Waals surface area contributed by atoms with Gasteiger partial charge in [0.1, 0.15) is 5.37 Å². The fourth-order valence-corrected chi connectivity index (χ4v) is 2.40. The third-order valence-corrected chi connectivity index (χ3v) is 3.82. The molecule has 0 saturated carbocycles.